The maximum absolute atomic E-state index is 12.0. The average molecular weight is 238 g/mol. The Bertz CT molecular complexity index is 346. The molecule has 16 heavy (non-hydrogen) atoms. The molecule has 0 aliphatic rings. The molecule has 3 heteroatoms. The highest BCUT2D eigenvalue weighted by Gasteiger charge is 2.32. The normalized spacial score (nSPS) is 13.2. The van der Waals surface area contributed by atoms with Crippen LogP contribution in [0.4, 0.5) is 0 Å². The third kappa shape index (κ3) is 3.01. The topological polar surface area (TPSA) is 26.3 Å². The van der Waals surface area contributed by atoms with Crippen molar-refractivity contribution >= 4 is 18.6 Å². The van der Waals surface area contributed by atoms with Crippen molar-refractivity contribution in [1.82, 2.24) is 0 Å². The lowest BCUT2D eigenvalue weighted by Crippen LogP contribution is -2.32. The van der Waals surface area contributed by atoms with E-state index < -0.39 is 5.41 Å². The van der Waals surface area contributed by atoms with Gasteiger partial charge in [-0.25, -0.2) is 0 Å². The quantitative estimate of drug-likeness (QED) is 0.495. The fourth-order valence-electron chi connectivity index (χ4n) is 1.33. The van der Waals surface area contributed by atoms with E-state index in [1.807, 2.05) is 51.1 Å². The van der Waals surface area contributed by atoms with E-state index in [4.69, 9.17) is 4.74 Å². The van der Waals surface area contributed by atoms with Gasteiger partial charge in [0.25, 0.3) is 0 Å². The van der Waals surface area contributed by atoms with Crippen LogP contribution in [-0.4, -0.2) is 11.4 Å². The van der Waals surface area contributed by atoms with Gasteiger partial charge >= 0.3 is 5.97 Å². The number of esters is 1. The van der Waals surface area contributed by atoms with Crippen LogP contribution in [0.1, 0.15) is 32.8 Å². The highest BCUT2D eigenvalue weighted by molar-refractivity contribution is 7.80. The minimum absolute atomic E-state index is 0.236. The molecule has 0 heterocycles. The van der Waals surface area contributed by atoms with Crippen molar-refractivity contribution in [2.24, 2.45) is 0 Å². The molecule has 1 unspecified atom stereocenters. The summed E-state index contributed by atoms with van der Waals surface area (Å²) in [5.74, 6) is -0.236. The molecule has 0 fully saturated rings. The molecule has 0 amide bonds. The first kappa shape index (κ1) is 13.1. The van der Waals surface area contributed by atoms with E-state index in [1.54, 1.807) is 0 Å². The summed E-state index contributed by atoms with van der Waals surface area (Å²) in [6, 6.07) is 9.63. The Kier molecular flexibility index (Phi) is 4.42. The lowest BCUT2D eigenvalue weighted by Gasteiger charge is -2.24. The maximum Gasteiger partial charge on any atom is 0.317 e. The van der Waals surface area contributed by atoms with Gasteiger partial charge in [0.2, 0.25) is 0 Å². The molecule has 0 radical (unpaired) electrons. The number of carbonyl (C=O) groups is 1. The standard InChI is InChI=1S/C13H18O2S/c1-4-11(16)15-12(14)13(2,3)10-8-6-5-7-9-10/h5-9,11,16H,4H2,1-3H3. The van der Waals surface area contributed by atoms with Gasteiger partial charge in [-0.1, -0.05) is 37.3 Å². The van der Waals surface area contributed by atoms with Gasteiger partial charge in [0.15, 0.2) is 0 Å². The Hall–Kier alpha value is -0.960. The van der Waals surface area contributed by atoms with E-state index in [2.05, 4.69) is 12.6 Å². The summed E-state index contributed by atoms with van der Waals surface area (Å²) in [5.41, 5.74) is 0.00403. The van der Waals surface area contributed by atoms with Gasteiger partial charge < -0.3 is 4.74 Å². The van der Waals surface area contributed by atoms with Crippen molar-refractivity contribution in [3.8, 4) is 0 Å². The zero-order valence-electron chi connectivity index (χ0n) is 9.93. The van der Waals surface area contributed by atoms with Gasteiger partial charge in [-0.3, -0.25) is 4.79 Å². The summed E-state index contributed by atoms with van der Waals surface area (Å²) in [7, 11) is 0. The van der Waals surface area contributed by atoms with E-state index in [0.29, 0.717) is 6.42 Å². The number of benzene rings is 1. The fourth-order valence-corrected chi connectivity index (χ4v) is 1.42. The number of thiol groups is 1. The Morgan fingerprint density at radius 2 is 1.94 bits per heavy atom. The summed E-state index contributed by atoms with van der Waals surface area (Å²) in [4.78, 5) is 12.0. The molecule has 1 aromatic carbocycles. The number of rotatable bonds is 4. The van der Waals surface area contributed by atoms with Crippen molar-refractivity contribution in [3.05, 3.63) is 35.9 Å². The smallest absolute Gasteiger partial charge is 0.317 e. The summed E-state index contributed by atoms with van der Waals surface area (Å²) < 4.78 is 5.24. The Morgan fingerprint density at radius 3 is 2.44 bits per heavy atom. The molecule has 0 aromatic heterocycles. The third-order valence-electron chi connectivity index (χ3n) is 2.60. The summed E-state index contributed by atoms with van der Waals surface area (Å²) in [5, 5.41) is 0. The highest BCUT2D eigenvalue weighted by atomic mass is 32.1. The second kappa shape index (κ2) is 5.39. The third-order valence-corrected chi connectivity index (χ3v) is 3.07. The first-order valence-electron chi connectivity index (χ1n) is 5.43. The van der Waals surface area contributed by atoms with Crippen LogP contribution in [0.3, 0.4) is 0 Å². The van der Waals surface area contributed by atoms with E-state index in [9.17, 15) is 4.79 Å². The molecule has 1 aromatic rings. The molecule has 0 saturated heterocycles. The van der Waals surface area contributed by atoms with Crippen LogP contribution < -0.4 is 0 Å². The maximum atomic E-state index is 12.0. The van der Waals surface area contributed by atoms with Crippen molar-refractivity contribution < 1.29 is 9.53 Å². The fraction of sp³-hybridized carbons (Fsp3) is 0.462. The lowest BCUT2D eigenvalue weighted by molar-refractivity contribution is -0.150. The van der Waals surface area contributed by atoms with Gasteiger partial charge in [0.1, 0.15) is 5.44 Å². The summed E-state index contributed by atoms with van der Waals surface area (Å²) in [6.07, 6.45) is 0.708. The van der Waals surface area contributed by atoms with Gasteiger partial charge in [-0.2, -0.15) is 0 Å². The van der Waals surface area contributed by atoms with Crippen LogP contribution in [0.15, 0.2) is 30.3 Å². The molecular weight excluding hydrogens is 220 g/mol. The first-order chi connectivity index (χ1) is 7.48. The SMILES string of the molecule is CCC(S)OC(=O)C(C)(C)c1ccccc1. The van der Waals surface area contributed by atoms with Gasteiger partial charge in [0.05, 0.1) is 5.41 Å². The lowest BCUT2D eigenvalue weighted by atomic mass is 9.85. The van der Waals surface area contributed by atoms with Gasteiger partial charge in [-0.05, 0) is 25.8 Å². The van der Waals surface area contributed by atoms with Gasteiger partial charge in [0, 0.05) is 0 Å². The van der Waals surface area contributed by atoms with Crippen molar-refractivity contribution in [1.29, 1.82) is 0 Å². The Balaban J connectivity index is 2.82. The number of hydrogen-bond donors (Lipinski definition) is 1. The summed E-state index contributed by atoms with van der Waals surface area (Å²) in [6.45, 7) is 5.65. The molecule has 0 spiro atoms. The zero-order valence-corrected chi connectivity index (χ0v) is 10.8. The predicted molar refractivity (Wildman–Crippen MR) is 68.6 cm³/mol. The van der Waals surface area contributed by atoms with Crippen LogP contribution in [0.2, 0.25) is 0 Å². The number of ether oxygens (including phenoxy) is 1. The van der Waals surface area contributed by atoms with E-state index >= 15 is 0 Å². The van der Waals surface area contributed by atoms with E-state index in [0.717, 1.165) is 5.56 Å². The molecule has 0 aliphatic heterocycles. The van der Waals surface area contributed by atoms with Crippen molar-refractivity contribution in [2.75, 3.05) is 0 Å². The van der Waals surface area contributed by atoms with Gasteiger partial charge in [-0.15, -0.1) is 12.6 Å². The highest BCUT2D eigenvalue weighted by Crippen LogP contribution is 2.25. The summed E-state index contributed by atoms with van der Waals surface area (Å²) >= 11 is 4.17. The van der Waals surface area contributed by atoms with Crippen LogP contribution >= 0.6 is 12.6 Å². The monoisotopic (exact) mass is 238 g/mol. The molecule has 2 nitrogen and oxygen atoms in total. The molecular formula is C13H18O2S. The zero-order chi connectivity index (χ0) is 12.2. The van der Waals surface area contributed by atoms with E-state index in [-0.39, 0.29) is 11.4 Å². The first-order valence-corrected chi connectivity index (χ1v) is 5.94. The molecule has 0 N–H and O–H groups in total. The largest absolute Gasteiger partial charge is 0.451 e. The second-order valence-electron chi connectivity index (χ2n) is 4.26. The minimum Gasteiger partial charge on any atom is -0.451 e. The van der Waals surface area contributed by atoms with Crippen LogP contribution in [0.5, 0.6) is 0 Å². The van der Waals surface area contributed by atoms with Crippen LogP contribution in [-0.2, 0) is 14.9 Å². The van der Waals surface area contributed by atoms with Crippen molar-refractivity contribution in [3.63, 3.8) is 0 Å². The second-order valence-corrected chi connectivity index (χ2v) is 4.84. The Morgan fingerprint density at radius 1 is 1.38 bits per heavy atom. The molecule has 1 rings (SSSR count). The minimum atomic E-state index is -0.628. The molecule has 88 valence electrons. The molecule has 0 aliphatic carbocycles. The van der Waals surface area contributed by atoms with Crippen molar-refractivity contribution in [2.45, 2.75) is 38.0 Å². The average Bonchev–Trinajstić information content (AvgIpc) is 2.29. The number of carbonyl (C=O) groups excluding carboxylic acids is 1. The van der Waals surface area contributed by atoms with E-state index in [1.165, 1.54) is 0 Å². The van der Waals surface area contributed by atoms with Crippen LogP contribution in [0.25, 0.3) is 0 Å². The number of hydrogen-bond acceptors (Lipinski definition) is 3. The Labute approximate surface area is 102 Å². The predicted octanol–water partition coefficient (Wildman–Crippen LogP) is 3.17. The molecule has 0 saturated carbocycles. The molecule has 0 bridgehead atoms. The molecule has 1 atom stereocenters. The van der Waals surface area contributed by atoms with Crippen LogP contribution in [0, 0.1) is 0 Å².